The van der Waals surface area contributed by atoms with Gasteiger partial charge < -0.3 is 10.6 Å². The van der Waals surface area contributed by atoms with E-state index in [-0.39, 0.29) is 5.91 Å². The van der Waals surface area contributed by atoms with Crippen LogP contribution in [-0.4, -0.2) is 18.5 Å². The molecule has 2 N–H and O–H groups in total. The second-order valence-electron chi connectivity index (χ2n) is 5.77. The fourth-order valence-electron chi connectivity index (χ4n) is 1.95. The first-order chi connectivity index (χ1) is 8.13. The lowest BCUT2D eigenvalue weighted by molar-refractivity contribution is -0.119. The van der Waals surface area contributed by atoms with Crippen molar-refractivity contribution in [3.63, 3.8) is 0 Å². The number of hydrogen-bond donors (Lipinski definition) is 1. The van der Waals surface area contributed by atoms with Gasteiger partial charge in [0.05, 0.1) is 0 Å². The molecule has 3 nitrogen and oxygen atoms in total. The van der Waals surface area contributed by atoms with Crippen molar-refractivity contribution in [3.05, 3.63) is 28.8 Å². The average Bonchev–Trinajstić information content (AvgIpc) is 2.23. The Labute approximate surface area is 110 Å². The van der Waals surface area contributed by atoms with Gasteiger partial charge in [0.15, 0.2) is 0 Å². The number of anilines is 1. The molecule has 0 heterocycles. The SMILES string of the molecule is Cc1ccc(N(C)C(=O)CC(C)(C)N)c(C)c1C. The summed E-state index contributed by atoms with van der Waals surface area (Å²) in [6.07, 6.45) is 0.343. The predicted octanol–water partition coefficient (Wildman–Crippen LogP) is 2.70. The summed E-state index contributed by atoms with van der Waals surface area (Å²) < 4.78 is 0. The van der Waals surface area contributed by atoms with Gasteiger partial charge >= 0.3 is 0 Å². The summed E-state index contributed by atoms with van der Waals surface area (Å²) in [5.74, 6) is 0.0499. The molecule has 0 atom stereocenters. The van der Waals surface area contributed by atoms with E-state index in [9.17, 15) is 4.79 Å². The van der Waals surface area contributed by atoms with Crippen molar-refractivity contribution in [2.24, 2.45) is 5.73 Å². The van der Waals surface area contributed by atoms with Crippen LogP contribution in [0.2, 0.25) is 0 Å². The van der Waals surface area contributed by atoms with Crippen molar-refractivity contribution in [2.45, 2.75) is 46.6 Å². The van der Waals surface area contributed by atoms with Crippen LogP contribution in [0.1, 0.15) is 37.0 Å². The van der Waals surface area contributed by atoms with Crippen molar-refractivity contribution in [1.82, 2.24) is 0 Å². The van der Waals surface area contributed by atoms with Crippen LogP contribution in [0.15, 0.2) is 12.1 Å². The zero-order valence-corrected chi connectivity index (χ0v) is 12.3. The van der Waals surface area contributed by atoms with Gasteiger partial charge in [-0.3, -0.25) is 4.79 Å². The second kappa shape index (κ2) is 5.11. The summed E-state index contributed by atoms with van der Waals surface area (Å²) in [7, 11) is 1.81. The molecule has 0 saturated carbocycles. The Bertz CT molecular complexity index is 458. The normalized spacial score (nSPS) is 11.5. The minimum absolute atomic E-state index is 0.0499. The van der Waals surface area contributed by atoms with E-state index in [0.29, 0.717) is 6.42 Å². The first-order valence-corrected chi connectivity index (χ1v) is 6.26. The molecular formula is C15H24N2O. The van der Waals surface area contributed by atoms with Crippen LogP contribution in [0.3, 0.4) is 0 Å². The summed E-state index contributed by atoms with van der Waals surface area (Å²) in [5, 5.41) is 0. The van der Waals surface area contributed by atoms with Gasteiger partial charge in [-0.05, 0) is 57.4 Å². The van der Waals surface area contributed by atoms with Gasteiger partial charge in [0.2, 0.25) is 5.91 Å². The summed E-state index contributed by atoms with van der Waals surface area (Å²) in [5.41, 5.74) is 10.0. The van der Waals surface area contributed by atoms with E-state index < -0.39 is 5.54 Å². The lowest BCUT2D eigenvalue weighted by Crippen LogP contribution is -2.40. The van der Waals surface area contributed by atoms with E-state index in [4.69, 9.17) is 5.73 Å². The molecule has 1 rings (SSSR count). The maximum Gasteiger partial charge on any atom is 0.228 e. The molecule has 0 aliphatic carbocycles. The Balaban J connectivity index is 3.01. The van der Waals surface area contributed by atoms with E-state index in [1.54, 1.807) is 4.90 Å². The highest BCUT2D eigenvalue weighted by atomic mass is 16.2. The first-order valence-electron chi connectivity index (χ1n) is 6.26. The van der Waals surface area contributed by atoms with Crippen LogP contribution < -0.4 is 10.6 Å². The molecule has 0 unspecified atom stereocenters. The molecule has 1 aromatic carbocycles. The minimum Gasteiger partial charge on any atom is -0.325 e. The van der Waals surface area contributed by atoms with E-state index >= 15 is 0 Å². The Morgan fingerprint density at radius 1 is 1.22 bits per heavy atom. The molecule has 0 radical (unpaired) electrons. The number of rotatable bonds is 3. The zero-order chi connectivity index (χ0) is 14.1. The van der Waals surface area contributed by atoms with Crippen molar-refractivity contribution in [2.75, 3.05) is 11.9 Å². The highest BCUT2D eigenvalue weighted by Gasteiger charge is 2.21. The zero-order valence-electron chi connectivity index (χ0n) is 12.3. The smallest absolute Gasteiger partial charge is 0.228 e. The highest BCUT2D eigenvalue weighted by Crippen LogP contribution is 2.25. The third-order valence-corrected chi connectivity index (χ3v) is 3.37. The summed E-state index contributed by atoms with van der Waals surface area (Å²) in [6, 6.07) is 4.05. The number of aryl methyl sites for hydroxylation is 1. The number of nitrogens with two attached hydrogens (primary N) is 1. The largest absolute Gasteiger partial charge is 0.325 e. The number of hydrogen-bond acceptors (Lipinski definition) is 2. The van der Waals surface area contributed by atoms with Crippen molar-refractivity contribution in [3.8, 4) is 0 Å². The quantitative estimate of drug-likeness (QED) is 0.894. The van der Waals surface area contributed by atoms with Crippen LogP contribution in [0.25, 0.3) is 0 Å². The summed E-state index contributed by atoms with van der Waals surface area (Å²) >= 11 is 0. The van der Waals surface area contributed by atoms with Crippen molar-refractivity contribution in [1.29, 1.82) is 0 Å². The lowest BCUT2D eigenvalue weighted by Gasteiger charge is -2.25. The van der Waals surface area contributed by atoms with Gasteiger partial charge in [-0.2, -0.15) is 0 Å². The molecule has 3 heteroatoms. The van der Waals surface area contributed by atoms with Crippen LogP contribution in [-0.2, 0) is 4.79 Å². The lowest BCUT2D eigenvalue weighted by atomic mass is 9.99. The van der Waals surface area contributed by atoms with Gasteiger partial charge in [0.25, 0.3) is 0 Å². The number of benzene rings is 1. The van der Waals surface area contributed by atoms with Crippen molar-refractivity contribution >= 4 is 11.6 Å². The minimum atomic E-state index is -0.473. The topological polar surface area (TPSA) is 46.3 Å². The molecule has 0 spiro atoms. The summed E-state index contributed by atoms with van der Waals surface area (Å²) in [6.45, 7) is 9.95. The first kappa shape index (κ1) is 14.7. The molecule has 0 fully saturated rings. The van der Waals surface area contributed by atoms with Crippen molar-refractivity contribution < 1.29 is 4.79 Å². The van der Waals surface area contributed by atoms with E-state index in [2.05, 4.69) is 26.8 Å². The van der Waals surface area contributed by atoms with Crippen LogP contribution >= 0.6 is 0 Å². The molecule has 0 aromatic heterocycles. The van der Waals surface area contributed by atoms with E-state index in [1.165, 1.54) is 11.1 Å². The van der Waals surface area contributed by atoms with Crippen LogP contribution in [0.4, 0.5) is 5.69 Å². The molecule has 0 saturated heterocycles. The highest BCUT2D eigenvalue weighted by molar-refractivity contribution is 5.94. The van der Waals surface area contributed by atoms with Gasteiger partial charge in [-0.15, -0.1) is 0 Å². The fourth-order valence-corrected chi connectivity index (χ4v) is 1.95. The number of carbonyl (C=O) groups is 1. The fraction of sp³-hybridized carbons (Fsp3) is 0.533. The van der Waals surface area contributed by atoms with Gasteiger partial charge in [0.1, 0.15) is 0 Å². The molecule has 18 heavy (non-hydrogen) atoms. The predicted molar refractivity (Wildman–Crippen MR) is 76.9 cm³/mol. The average molecular weight is 248 g/mol. The standard InChI is InChI=1S/C15H24N2O/c1-10-7-8-13(12(3)11(10)2)17(6)14(18)9-15(4,5)16/h7-8H,9,16H2,1-6H3. The monoisotopic (exact) mass is 248 g/mol. The second-order valence-corrected chi connectivity index (χ2v) is 5.77. The molecule has 0 bridgehead atoms. The molecule has 0 aliphatic heterocycles. The Hall–Kier alpha value is -1.35. The maximum absolute atomic E-state index is 12.2. The number of amides is 1. The maximum atomic E-state index is 12.2. The Kier molecular flexibility index (Phi) is 4.17. The van der Waals surface area contributed by atoms with E-state index in [0.717, 1.165) is 11.3 Å². The number of nitrogens with zero attached hydrogens (tertiary/aromatic N) is 1. The molecule has 1 aromatic rings. The molecule has 0 aliphatic rings. The molecule has 100 valence electrons. The summed E-state index contributed by atoms with van der Waals surface area (Å²) in [4.78, 5) is 13.9. The third-order valence-electron chi connectivity index (χ3n) is 3.37. The van der Waals surface area contributed by atoms with Crippen LogP contribution in [0, 0.1) is 20.8 Å². The van der Waals surface area contributed by atoms with E-state index in [1.807, 2.05) is 27.0 Å². The van der Waals surface area contributed by atoms with Gasteiger partial charge in [0, 0.05) is 24.7 Å². The van der Waals surface area contributed by atoms with Gasteiger partial charge in [-0.25, -0.2) is 0 Å². The number of carbonyl (C=O) groups excluding carboxylic acids is 1. The van der Waals surface area contributed by atoms with Gasteiger partial charge in [-0.1, -0.05) is 6.07 Å². The Morgan fingerprint density at radius 3 is 2.28 bits per heavy atom. The van der Waals surface area contributed by atoms with Crippen LogP contribution in [0.5, 0.6) is 0 Å². The molecular weight excluding hydrogens is 224 g/mol. The third kappa shape index (κ3) is 3.33. The Morgan fingerprint density at radius 2 is 1.78 bits per heavy atom. The molecule has 1 amide bonds.